The summed E-state index contributed by atoms with van der Waals surface area (Å²) in [7, 11) is 0. The van der Waals surface area contributed by atoms with Gasteiger partial charge in [-0.1, -0.05) is 44.2 Å². The van der Waals surface area contributed by atoms with Gasteiger partial charge in [-0.2, -0.15) is 0 Å². The number of hydrogen-bond acceptors (Lipinski definition) is 5. The molecule has 6 heteroatoms. The van der Waals surface area contributed by atoms with Crippen molar-refractivity contribution in [1.29, 1.82) is 0 Å². The van der Waals surface area contributed by atoms with Gasteiger partial charge >= 0.3 is 5.97 Å². The fraction of sp³-hybridized carbons (Fsp3) is 0.471. The Morgan fingerprint density at radius 1 is 1.30 bits per heavy atom. The zero-order valence-corrected chi connectivity index (χ0v) is 13.4. The van der Waals surface area contributed by atoms with Crippen LogP contribution in [-0.2, 0) is 25.5 Å². The van der Waals surface area contributed by atoms with Gasteiger partial charge < -0.3 is 10.5 Å². The standard InChI is InChI=1S/C17H22N2O4/c1-11(2)10-23-17(22)14(8-12-6-4-3-5-7-12)19-15(20)9-13(18)16(19)21/h3-7,11,13-14H,8-10,18H2,1-2H3. The summed E-state index contributed by atoms with van der Waals surface area (Å²) >= 11 is 0. The Kier molecular flexibility index (Phi) is 5.50. The molecule has 0 radical (unpaired) electrons. The van der Waals surface area contributed by atoms with Crippen molar-refractivity contribution >= 4 is 17.8 Å². The maximum absolute atomic E-state index is 12.4. The molecule has 1 aliphatic heterocycles. The maximum atomic E-state index is 12.4. The zero-order chi connectivity index (χ0) is 17.0. The second kappa shape index (κ2) is 7.37. The number of nitrogens with zero attached hydrogens (tertiary/aromatic N) is 1. The smallest absolute Gasteiger partial charge is 0.329 e. The van der Waals surface area contributed by atoms with Crippen molar-refractivity contribution < 1.29 is 19.1 Å². The number of rotatable bonds is 6. The van der Waals surface area contributed by atoms with Crippen LogP contribution in [0.25, 0.3) is 0 Å². The molecule has 0 aliphatic carbocycles. The largest absolute Gasteiger partial charge is 0.464 e. The number of likely N-dealkylation sites (tertiary alicyclic amines) is 1. The number of ether oxygens (including phenoxy) is 1. The Labute approximate surface area is 135 Å². The predicted molar refractivity (Wildman–Crippen MR) is 84.2 cm³/mol. The first-order valence-corrected chi connectivity index (χ1v) is 7.72. The Morgan fingerprint density at radius 3 is 2.48 bits per heavy atom. The zero-order valence-electron chi connectivity index (χ0n) is 13.4. The summed E-state index contributed by atoms with van der Waals surface area (Å²) in [6.07, 6.45) is 0.156. The number of carbonyl (C=O) groups excluding carboxylic acids is 3. The molecule has 1 fully saturated rings. The summed E-state index contributed by atoms with van der Waals surface area (Å²) in [5.41, 5.74) is 6.50. The lowest BCUT2D eigenvalue weighted by Crippen LogP contribution is -2.48. The molecule has 0 saturated carbocycles. The minimum atomic E-state index is -0.968. The minimum Gasteiger partial charge on any atom is -0.464 e. The molecule has 2 N–H and O–H groups in total. The number of nitrogens with two attached hydrogens (primary N) is 1. The molecule has 1 aliphatic rings. The van der Waals surface area contributed by atoms with Gasteiger partial charge in [0, 0.05) is 6.42 Å². The monoisotopic (exact) mass is 318 g/mol. The molecule has 1 aromatic rings. The molecule has 2 amide bonds. The average molecular weight is 318 g/mol. The topological polar surface area (TPSA) is 89.7 Å². The first kappa shape index (κ1) is 17.1. The Balaban J connectivity index is 2.22. The van der Waals surface area contributed by atoms with Gasteiger partial charge in [-0.25, -0.2) is 4.79 Å². The molecule has 1 aromatic carbocycles. The molecule has 0 bridgehead atoms. The first-order valence-electron chi connectivity index (χ1n) is 7.72. The van der Waals surface area contributed by atoms with Gasteiger partial charge in [-0.15, -0.1) is 0 Å². The van der Waals surface area contributed by atoms with E-state index in [0.717, 1.165) is 10.5 Å². The summed E-state index contributed by atoms with van der Waals surface area (Å²) in [5.74, 6) is -1.34. The number of hydrogen-bond donors (Lipinski definition) is 1. The van der Waals surface area contributed by atoms with Gasteiger partial charge in [0.25, 0.3) is 0 Å². The van der Waals surface area contributed by atoms with E-state index in [-0.39, 0.29) is 25.4 Å². The number of esters is 1. The molecule has 2 unspecified atom stereocenters. The highest BCUT2D eigenvalue weighted by atomic mass is 16.5. The number of amides is 2. The van der Waals surface area contributed by atoms with Crippen molar-refractivity contribution in [3.63, 3.8) is 0 Å². The molecule has 2 atom stereocenters. The highest BCUT2D eigenvalue weighted by molar-refractivity contribution is 6.08. The van der Waals surface area contributed by atoms with E-state index in [0.29, 0.717) is 0 Å². The molecule has 6 nitrogen and oxygen atoms in total. The van der Waals surface area contributed by atoms with Crippen LogP contribution in [0.2, 0.25) is 0 Å². The van der Waals surface area contributed by atoms with Crippen LogP contribution >= 0.6 is 0 Å². The SMILES string of the molecule is CC(C)COC(=O)C(Cc1ccccc1)N1C(=O)CC(N)C1=O. The Hall–Kier alpha value is -2.21. The molecule has 1 saturated heterocycles. The van der Waals surface area contributed by atoms with Crippen molar-refractivity contribution in [3.8, 4) is 0 Å². The molecule has 23 heavy (non-hydrogen) atoms. The molecule has 2 rings (SSSR count). The summed E-state index contributed by atoms with van der Waals surface area (Å²) in [6.45, 7) is 4.08. The average Bonchev–Trinajstić information content (AvgIpc) is 2.76. The first-order chi connectivity index (χ1) is 10.9. The van der Waals surface area contributed by atoms with Gasteiger partial charge in [0.1, 0.15) is 6.04 Å². The van der Waals surface area contributed by atoms with E-state index in [1.807, 2.05) is 44.2 Å². The van der Waals surface area contributed by atoms with Crippen molar-refractivity contribution in [2.24, 2.45) is 11.7 Å². The van der Waals surface area contributed by atoms with Crippen LogP contribution in [0.5, 0.6) is 0 Å². The van der Waals surface area contributed by atoms with Gasteiger partial charge in [-0.3, -0.25) is 14.5 Å². The van der Waals surface area contributed by atoms with Crippen molar-refractivity contribution in [2.45, 2.75) is 38.8 Å². The van der Waals surface area contributed by atoms with E-state index < -0.39 is 29.9 Å². The van der Waals surface area contributed by atoms with Crippen LogP contribution in [0, 0.1) is 5.92 Å². The summed E-state index contributed by atoms with van der Waals surface area (Å²) in [6, 6.07) is 7.37. The lowest BCUT2D eigenvalue weighted by Gasteiger charge is -2.25. The van der Waals surface area contributed by atoms with Crippen LogP contribution in [0.4, 0.5) is 0 Å². The number of benzene rings is 1. The lowest BCUT2D eigenvalue weighted by atomic mass is 10.0. The molecular formula is C17H22N2O4. The molecule has 1 heterocycles. The number of imide groups is 1. The van der Waals surface area contributed by atoms with Gasteiger partial charge in [0.2, 0.25) is 11.8 Å². The van der Waals surface area contributed by atoms with Crippen LogP contribution < -0.4 is 5.73 Å². The second-order valence-corrected chi connectivity index (χ2v) is 6.14. The molecular weight excluding hydrogens is 296 g/mol. The van der Waals surface area contributed by atoms with Gasteiger partial charge in [0.15, 0.2) is 0 Å². The highest BCUT2D eigenvalue weighted by Crippen LogP contribution is 2.19. The minimum absolute atomic E-state index is 0.0679. The molecule has 0 spiro atoms. The Bertz CT molecular complexity index is 586. The van der Waals surface area contributed by atoms with Crippen LogP contribution in [-0.4, -0.2) is 41.4 Å². The Morgan fingerprint density at radius 2 is 1.96 bits per heavy atom. The third-order valence-electron chi connectivity index (χ3n) is 3.63. The van der Waals surface area contributed by atoms with Crippen LogP contribution in [0.15, 0.2) is 30.3 Å². The van der Waals surface area contributed by atoms with E-state index in [4.69, 9.17) is 10.5 Å². The maximum Gasteiger partial charge on any atom is 0.329 e. The number of carbonyl (C=O) groups is 3. The van der Waals surface area contributed by atoms with Crippen molar-refractivity contribution in [2.75, 3.05) is 6.61 Å². The lowest BCUT2D eigenvalue weighted by molar-refractivity contribution is -0.159. The van der Waals surface area contributed by atoms with Gasteiger partial charge in [-0.05, 0) is 11.5 Å². The quantitative estimate of drug-likeness (QED) is 0.621. The van der Waals surface area contributed by atoms with E-state index in [2.05, 4.69) is 0 Å². The fourth-order valence-corrected chi connectivity index (χ4v) is 2.47. The summed E-state index contributed by atoms with van der Waals surface area (Å²) in [4.78, 5) is 37.6. The van der Waals surface area contributed by atoms with E-state index in [1.54, 1.807) is 0 Å². The van der Waals surface area contributed by atoms with E-state index in [1.165, 1.54) is 0 Å². The molecule has 124 valence electrons. The van der Waals surface area contributed by atoms with Crippen molar-refractivity contribution in [3.05, 3.63) is 35.9 Å². The summed E-state index contributed by atoms with van der Waals surface area (Å²) < 4.78 is 5.26. The third-order valence-corrected chi connectivity index (χ3v) is 3.63. The van der Waals surface area contributed by atoms with Gasteiger partial charge in [0.05, 0.1) is 19.1 Å². The normalized spacial score (nSPS) is 19.3. The van der Waals surface area contributed by atoms with E-state index >= 15 is 0 Å². The van der Waals surface area contributed by atoms with Crippen molar-refractivity contribution in [1.82, 2.24) is 4.90 Å². The third kappa shape index (κ3) is 4.16. The highest BCUT2D eigenvalue weighted by Gasteiger charge is 2.43. The van der Waals surface area contributed by atoms with Crippen LogP contribution in [0.1, 0.15) is 25.8 Å². The fourth-order valence-electron chi connectivity index (χ4n) is 2.47. The molecule has 0 aromatic heterocycles. The predicted octanol–water partition coefficient (Wildman–Crippen LogP) is 0.883. The van der Waals surface area contributed by atoms with E-state index in [9.17, 15) is 14.4 Å². The second-order valence-electron chi connectivity index (χ2n) is 6.14. The van der Waals surface area contributed by atoms with Crippen LogP contribution in [0.3, 0.4) is 0 Å². The summed E-state index contributed by atoms with van der Waals surface area (Å²) in [5, 5.41) is 0.